The molecule has 2 atom stereocenters. The average molecular weight is 399 g/mol. The summed E-state index contributed by atoms with van der Waals surface area (Å²) >= 11 is 6.02. The summed E-state index contributed by atoms with van der Waals surface area (Å²) in [5, 5.41) is 7.00. The first-order valence-electron chi connectivity index (χ1n) is 9.59. The van der Waals surface area contributed by atoms with Crippen molar-refractivity contribution in [3.05, 3.63) is 58.6 Å². The van der Waals surface area contributed by atoms with Crippen LogP contribution in [0.3, 0.4) is 0 Å². The van der Waals surface area contributed by atoms with Gasteiger partial charge in [0, 0.05) is 27.9 Å². The molecule has 1 aromatic carbocycles. The van der Waals surface area contributed by atoms with Gasteiger partial charge < -0.3 is 10.6 Å². The molecule has 2 amide bonds. The molecule has 0 spiro atoms. The Morgan fingerprint density at radius 1 is 1.04 bits per heavy atom. The molecule has 2 aromatic rings. The van der Waals surface area contributed by atoms with E-state index in [0.717, 1.165) is 38.5 Å². The molecule has 0 saturated heterocycles. The molecule has 2 bridgehead atoms. The van der Waals surface area contributed by atoms with Crippen LogP contribution in [-0.2, 0) is 0 Å². The number of hydrogen-bond acceptors (Lipinski definition) is 4. The number of benzene rings is 1. The molecule has 7 heteroatoms. The minimum atomic E-state index is -0.296. The highest BCUT2D eigenvalue weighted by Crippen LogP contribution is 2.48. The van der Waals surface area contributed by atoms with Crippen LogP contribution in [-0.4, -0.2) is 32.9 Å². The van der Waals surface area contributed by atoms with E-state index in [9.17, 15) is 9.59 Å². The molecule has 1 heterocycles. The number of fused-ring (bicyclic) bond motifs is 2. The van der Waals surface area contributed by atoms with E-state index in [-0.39, 0.29) is 22.9 Å². The summed E-state index contributed by atoms with van der Waals surface area (Å²) in [6, 6.07) is 8.60. The lowest BCUT2D eigenvalue weighted by Crippen LogP contribution is -2.55. The Hall–Kier alpha value is -2.47. The zero-order valence-electron chi connectivity index (χ0n) is 15.8. The van der Waals surface area contributed by atoms with Crippen LogP contribution >= 0.6 is 11.6 Å². The number of nitrogens with zero attached hydrogens (tertiary/aromatic N) is 2. The number of carbonyl (C=O) groups excluding carboxylic acids is 2. The summed E-state index contributed by atoms with van der Waals surface area (Å²) in [5.41, 5.74) is 0.362. The standard InChI is InChI=1S/C21H23ClN4O2/c1-14-23-11-6-17(24-14)19(28)26-21-8-3-7-20(13-21,9-10-21)25-18(27)15-4-2-5-16(22)12-15/h2,4-6,11-12H,3,7-10,13H2,1H3,(H,25,27)(H,26,28). The predicted molar refractivity (Wildman–Crippen MR) is 106 cm³/mol. The van der Waals surface area contributed by atoms with Gasteiger partial charge in [0.2, 0.25) is 0 Å². The Morgan fingerprint density at radius 3 is 2.43 bits per heavy atom. The van der Waals surface area contributed by atoms with Crippen molar-refractivity contribution in [2.24, 2.45) is 0 Å². The van der Waals surface area contributed by atoms with Crippen molar-refractivity contribution in [2.75, 3.05) is 0 Å². The summed E-state index contributed by atoms with van der Waals surface area (Å²) in [7, 11) is 0. The molecule has 2 N–H and O–H groups in total. The van der Waals surface area contributed by atoms with E-state index in [2.05, 4.69) is 20.6 Å². The van der Waals surface area contributed by atoms with Crippen LogP contribution < -0.4 is 10.6 Å². The lowest BCUT2D eigenvalue weighted by Gasteiger charge is -2.40. The van der Waals surface area contributed by atoms with Crippen molar-refractivity contribution < 1.29 is 9.59 Å². The highest BCUT2D eigenvalue weighted by molar-refractivity contribution is 6.30. The molecule has 2 unspecified atom stereocenters. The minimum absolute atomic E-state index is 0.113. The molecule has 4 rings (SSSR count). The molecular formula is C21H23ClN4O2. The molecule has 6 nitrogen and oxygen atoms in total. The van der Waals surface area contributed by atoms with Crippen LogP contribution in [0.2, 0.25) is 5.02 Å². The third-order valence-electron chi connectivity index (χ3n) is 5.92. The van der Waals surface area contributed by atoms with E-state index in [4.69, 9.17) is 11.6 Å². The first kappa shape index (κ1) is 18.9. The van der Waals surface area contributed by atoms with Crippen molar-refractivity contribution in [3.8, 4) is 0 Å². The zero-order valence-corrected chi connectivity index (χ0v) is 16.6. The van der Waals surface area contributed by atoms with Crippen molar-refractivity contribution in [1.82, 2.24) is 20.6 Å². The minimum Gasteiger partial charge on any atom is -0.347 e. The Bertz CT molecular complexity index is 861. The second-order valence-corrected chi connectivity index (χ2v) is 8.44. The van der Waals surface area contributed by atoms with Crippen LogP contribution in [0.4, 0.5) is 0 Å². The Kier molecular flexibility index (Phi) is 4.83. The molecule has 146 valence electrons. The quantitative estimate of drug-likeness (QED) is 0.826. The summed E-state index contributed by atoms with van der Waals surface area (Å²) < 4.78 is 0. The van der Waals surface area contributed by atoms with Crippen molar-refractivity contribution >= 4 is 23.4 Å². The number of aromatic nitrogens is 2. The van der Waals surface area contributed by atoms with E-state index in [1.807, 2.05) is 0 Å². The Labute approximate surface area is 169 Å². The monoisotopic (exact) mass is 398 g/mol. The van der Waals surface area contributed by atoms with Gasteiger partial charge in [0.05, 0.1) is 0 Å². The van der Waals surface area contributed by atoms with Crippen molar-refractivity contribution in [2.45, 2.75) is 56.5 Å². The molecular weight excluding hydrogens is 376 g/mol. The fourth-order valence-electron chi connectivity index (χ4n) is 4.66. The van der Waals surface area contributed by atoms with E-state index in [0.29, 0.717) is 22.1 Å². The SMILES string of the molecule is Cc1nccc(C(=O)NC23CCCC(NC(=O)c4cccc(Cl)c4)(CC2)C3)n1. The Balaban J connectivity index is 1.48. The molecule has 0 radical (unpaired) electrons. The van der Waals surface area contributed by atoms with Gasteiger partial charge in [0.25, 0.3) is 11.8 Å². The van der Waals surface area contributed by atoms with E-state index < -0.39 is 0 Å². The van der Waals surface area contributed by atoms with Gasteiger partial charge >= 0.3 is 0 Å². The maximum absolute atomic E-state index is 12.8. The highest BCUT2D eigenvalue weighted by Gasteiger charge is 2.52. The fraction of sp³-hybridized carbons (Fsp3) is 0.429. The number of carbonyl (C=O) groups is 2. The van der Waals surface area contributed by atoms with Gasteiger partial charge in [0.1, 0.15) is 11.5 Å². The van der Waals surface area contributed by atoms with Crippen LogP contribution in [0.15, 0.2) is 36.5 Å². The second kappa shape index (κ2) is 7.17. The molecule has 2 aliphatic rings. The third-order valence-corrected chi connectivity index (χ3v) is 6.16. The molecule has 1 aromatic heterocycles. The van der Waals surface area contributed by atoms with Crippen molar-refractivity contribution in [3.63, 3.8) is 0 Å². The number of halogens is 1. The number of nitrogens with one attached hydrogen (secondary N) is 2. The molecule has 0 aliphatic heterocycles. The van der Waals surface area contributed by atoms with Crippen LogP contribution in [0.1, 0.15) is 65.2 Å². The number of rotatable bonds is 4. The zero-order chi connectivity index (χ0) is 19.8. The molecule has 28 heavy (non-hydrogen) atoms. The third kappa shape index (κ3) is 3.74. The largest absolute Gasteiger partial charge is 0.347 e. The van der Waals surface area contributed by atoms with Gasteiger partial charge in [-0.1, -0.05) is 17.7 Å². The van der Waals surface area contributed by atoms with Crippen molar-refractivity contribution in [1.29, 1.82) is 0 Å². The van der Waals surface area contributed by atoms with Gasteiger partial charge in [-0.25, -0.2) is 9.97 Å². The maximum Gasteiger partial charge on any atom is 0.270 e. The fourth-order valence-corrected chi connectivity index (χ4v) is 4.85. The lowest BCUT2D eigenvalue weighted by molar-refractivity contribution is 0.0829. The predicted octanol–water partition coefficient (Wildman–Crippen LogP) is 3.44. The summed E-state index contributed by atoms with van der Waals surface area (Å²) in [4.78, 5) is 33.8. The maximum atomic E-state index is 12.8. The van der Waals surface area contributed by atoms with Gasteiger partial charge in [-0.15, -0.1) is 0 Å². The van der Waals surface area contributed by atoms with E-state index in [1.54, 1.807) is 43.5 Å². The molecule has 2 aliphatic carbocycles. The number of hydrogen-bond donors (Lipinski definition) is 2. The summed E-state index contributed by atoms with van der Waals surface area (Å²) in [6.07, 6.45) is 6.82. The molecule has 2 saturated carbocycles. The average Bonchev–Trinajstić information content (AvgIpc) is 2.91. The van der Waals surface area contributed by atoms with Gasteiger partial charge in [-0.05, 0) is 69.7 Å². The van der Waals surface area contributed by atoms with Crippen LogP contribution in [0.25, 0.3) is 0 Å². The van der Waals surface area contributed by atoms with Crippen LogP contribution in [0, 0.1) is 6.92 Å². The summed E-state index contributed by atoms with van der Waals surface area (Å²) in [5.74, 6) is 0.283. The van der Waals surface area contributed by atoms with E-state index in [1.165, 1.54) is 0 Å². The van der Waals surface area contributed by atoms with Crippen LogP contribution in [0.5, 0.6) is 0 Å². The van der Waals surface area contributed by atoms with E-state index >= 15 is 0 Å². The Morgan fingerprint density at radius 2 is 1.75 bits per heavy atom. The first-order valence-corrected chi connectivity index (χ1v) is 9.97. The molecule has 2 fully saturated rings. The highest BCUT2D eigenvalue weighted by atomic mass is 35.5. The summed E-state index contributed by atoms with van der Waals surface area (Å²) in [6.45, 7) is 1.77. The topological polar surface area (TPSA) is 84.0 Å². The smallest absolute Gasteiger partial charge is 0.270 e. The number of aryl methyl sites for hydroxylation is 1. The van der Waals surface area contributed by atoms with Gasteiger partial charge in [0.15, 0.2) is 0 Å². The van der Waals surface area contributed by atoms with Gasteiger partial charge in [-0.2, -0.15) is 0 Å². The van der Waals surface area contributed by atoms with Gasteiger partial charge in [-0.3, -0.25) is 9.59 Å². The second-order valence-electron chi connectivity index (χ2n) is 8.00. The normalized spacial score (nSPS) is 25.9. The number of amides is 2. The lowest BCUT2D eigenvalue weighted by atomic mass is 9.78. The first-order chi connectivity index (χ1) is 13.4.